The number of hydrogen-bond donors (Lipinski definition) is 1. The van der Waals surface area contributed by atoms with Crippen molar-refractivity contribution in [3.05, 3.63) is 81.7 Å². The Morgan fingerprint density at radius 1 is 1.09 bits per heavy atom. The molecule has 2 aromatic carbocycles. The van der Waals surface area contributed by atoms with E-state index in [1.54, 1.807) is 24.6 Å². The second-order valence-electron chi connectivity index (χ2n) is 7.82. The van der Waals surface area contributed by atoms with Crippen molar-refractivity contribution in [1.82, 2.24) is 19.6 Å². The van der Waals surface area contributed by atoms with Crippen LogP contribution in [0, 0.1) is 26.6 Å². The van der Waals surface area contributed by atoms with E-state index in [0.29, 0.717) is 23.2 Å². The van der Waals surface area contributed by atoms with Gasteiger partial charge < -0.3 is 5.32 Å². The number of hydrogen-bond acceptors (Lipinski definition) is 4. The fourth-order valence-corrected chi connectivity index (χ4v) is 3.86. The molecule has 164 valence electrons. The van der Waals surface area contributed by atoms with Crippen molar-refractivity contribution in [2.45, 2.75) is 40.2 Å². The first kappa shape index (κ1) is 21.4. The van der Waals surface area contributed by atoms with Crippen LogP contribution in [0.25, 0.3) is 16.6 Å². The number of aryl methyl sites for hydroxylation is 3. The predicted octanol–water partition coefficient (Wildman–Crippen LogP) is 4.24. The van der Waals surface area contributed by atoms with Crippen LogP contribution in [0.1, 0.15) is 36.3 Å². The van der Waals surface area contributed by atoms with Gasteiger partial charge in [-0.1, -0.05) is 30.7 Å². The number of nitrogens with one attached hydrogen (secondary N) is 1. The summed E-state index contributed by atoms with van der Waals surface area (Å²) in [5.74, 6) is -0.901. The zero-order chi connectivity index (χ0) is 23.0. The number of anilines is 1. The minimum absolute atomic E-state index is 0.257. The van der Waals surface area contributed by atoms with E-state index < -0.39 is 23.3 Å². The Bertz CT molecular complexity index is 1370. The molecule has 32 heavy (non-hydrogen) atoms. The molecule has 0 spiro atoms. The van der Waals surface area contributed by atoms with Crippen molar-refractivity contribution in [2.24, 2.45) is 0 Å². The summed E-state index contributed by atoms with van der Waals surface area (Å²) in [7, 11) is 0. The molecule has 4 rings (SSSR count). The number of benzene rings is 2. The summed E-state index contributed by atoms with van der Waals surface area (Å²) < 4.78 is 16.4. The lowest BCUT2D eigenvalue weighted by atomic mass is 10.1. The molecule has 0 aliphatic carbocycles. The van der Waals surface area contributed by atoms with E-state index in [4.69, 9.17) is 0 Å². The number of amides is 1. The highest BCUT2D eigenvalue weighted by atomic mass is 19.1. The molecule has 1 atom stereocenters. The number of nitrogens with zero attached hydrogens (tertiary/aromatic N) is 4. The summed E-state index contributed by atoms with van der Waals surface area (Å²) in [4.78, 5) is 26.2. The van der Waals surface area contributed by atoms with Gasteiger partial charge in [0.2, 0.25) is 5.91 Å². The molecule has 0 bridgehead atoms. The smallest absolute Gasteiger partial charge is 0.295 e. The van der Waals surface area contributed by atoms with Crippen LogP contribution in [0.3, 0.4) is 0 Å². The largest absolute Gasteiger partial charge is 0.324 e. The molecule has 0 fully saturated rings. The Morgan fingerprint density at radius 3 is 2.47 bits per heavy atom. The molecule has 2 heterocycles. The van der Waals surface area contributed by atoms with Gasteiger partial charge in [-0.05, 0) is 57.5 Å². The quantitative estimate of drug-likeness (QED) is 0.511. The molecule has 4 aromatic rings. The van der Waals surface area contributed by atoms with Crippen LogP contribution >= 0.6 is 0 Å². The summed E-state index contributed by atoms with van der Waals surface area (Å²) in [6.07, 6.45) is 0.330. The van der Waals surface area contributed by atoms with Gasteiger partial charge in [0.1, 0.15) is 11.9 Å². The number of fused-ring (bicyclic) bond motifs is 1. The molecule has 2 aromatic heterocycles. The van der Waals surface area contributed by atoms with E-state index in [1.807, 2.05) is 38.1 Å². The Labute approximate surface area is 184 Å². The number of rotatable bonds is 5. The third-order valence-electron chi connectivity index (χ3n) is 5.50. The van der Waals surface area contributed by atoms with Crippen LogP contribution in [0.15, 0.2) is 53.3 Å². The number of carbonyl (C=O) groups is 1. The van der Waals surface area contributed by atoms with Crippen molar-refractivity contribution >= 4 is 22.5 Å². The summed E-state index contributed by atoms with van der Waals surface area (Å²) in [5, 5.41) is 12.4. The van der Waals surface area contributed by atoms with Crippen molar-refractivity contribution < 1.29 is 9.18 Å². The van der Waals surface area contributed by atoms with Crippen molar-refractivity contribution in [3.63, 3.8) is 0 Å². The van der Waals surface area contributed by atoms with Gasteiger partial charge in [0.05, 0.1) is 22.5 Å². The van der Waals surface area contributed by atoms with E-state index in [0.717, 1.165) is 16.9 Å². The fraction of sp³-hybridized carbons (Fsp3) is 0.250. The van der Waals surface area contributed by atoms with Crippen molar-refractivity contribution in [1.29, 1.82) is 0 Å². The predicted molar refractivity (Wildman–Crippen MR) is 122 cm³/mol. The molecule has 0 unspecified atom stereocenters. The molecular weight excluding hydrogens is 409 g/mol. The van der Waals surface area contributed by atoms with Crippen LogP contribution in [0.4, 0.5) is 10.1 Å². The minimum atomic E-state index is -0.862. The van der Waals surface area contributed by atoms with E-state index in [9.17, 15) is 14.0 Å². The molecule has 0 aliphatic rings. The molecule has 1 amide bonds. The highest BCUT2D eigenvalue weighted by Crippen LogP contribution is 2.23. The molecule has 1 N–H and O–H groups in total. The van der Waals surface area contributed by atoms with E-state index in [-0.39, 0.29) is 5.52 Å². The third kappa shape index (κ3) is 3.79. The van der Waals surface area contributed by atoms with Gasteiger partial charge in [0.15, 0.2) is 5.52 Å². The molecule has 0 saturated heterocycles. The van der Waals surface area contributed by atoms with E-state index in [2.05, 4.69) is 15.5 Å². The summed E-state index contributed by atoms with van der Waals surface area (Å²) in [5.41, 5.74) is 3.50. The molecule has 0 aliphatic heterocycles. The first-order chi connectivity index (χ1) is 15.3. The molecule has 0 saturated carbocycles. The molecule has 8 heteroatoms. The topological polar surface area (TPSA) is 81.8 Å². The Kier molecular flexibility index (Phi) is 5.61. The van der Waals surface area contributed by atoms with Gasteiger partial charge in [-0.3, -0.25) is 9.59 Å². The van der Waals surface area contributed by atoms with Crippen molar-refractivity contribution in [3.8, 4) is 5.69 Å². The van der Waals surface area contributed by atoms with Crippen LogP contribution in [0.2, 0.25) is 0 Å². The number of carbonyl (C=O) groups excluding carboxylic acids is 1. The number of aromatic nitrogens is 4. The molecule has 0 radical (unpaired) electrons. The van der Waals surface area contributed by atoms with Crippen LogP contribution in [0.5, 0.6) is 0 Å². The van der Waals surface area contributed by atoms with Gasteiger partial charge in [0.25, 0.3) is 5.56 Å². The monoisotopic (exact) mass is 433 g/mol. The van der Waals surface area contributed by atoms with Crippen LogP contribution in [-0.2, 0) is 4.79 Å². The average molecular weight is 433 g/mol. The highest BCUT2D eigenvalue weighted by molar-refractivity contribution is 5.94. The van der Waals surface area contributed by atoms with Crippen LogP contribution < -0.4 is 10.9 Å². The lowest BCUT2D eigenvalue weighted by Crippen LogP contribution is -2.35. The first-order valence-electron chi connectivity index (χ1n) is 10.4. The maximum Gasteiger partial charge on any atom is 0.295 e. The zero-order valence-corrected chi connectivity index (χ0v) is 18.4. The maximum atomic E-state index is 13.5. The van der Waals surface area contributed by atoms with Gasteiger partial charge >= 0.3 is 0 Å². The summed E-state index contributed by atoms with van der Waals surface area (Å²) in [6.45, 7) is 7.48. The zero-order valence-electron chi connectivity index (χ0n) is 18.4. The Hall–Kier alpha value is -3.81. The lowest BCUT2D eigenvalue weighted by Gasteiger charge is -2.17. The SMILES string of the molecule is CC[C@H](C(=O)Nc1cccc(F)c1)n1nc(C)c2c(C)n(-c3ccc(C)cc3)nc2c1=O. The van der Waals surface area contributed by atoms with Gasteiger partial charge in [-0.2, -0.15) is 10.2 Å². The minimum Gasteiger partial charge on any atom is -0.324 e. The van der Waals surface area contributed by atoms with Gasteiger partial charge in [0, 0.05) is 5.69 Å². The van der Waals surface area contributed by atoms with Gasteiger partial charge in [-0.25, -0.2) is 13.8 Å². The average Bonchev–Trinajstić information content (AvgIpc) is 3.11. The summed E-state index contributed by atoms with van der Waals surface area (Å²) in [6, 6.07) is 12.6. The lowest BCUT2D eigenvalue weighted by molar-refractivity contribution is -0.119. The third-order valence-corrected chi connectivity index (χ3v) is 5.50. The number of halogens is 1. The molecular formula is C24H24FN5O2. The normalized spacial score (nSPS) is 12.2. The fourth-order valence-electron chi connectivity index (χ4n) is 3.86. The van der Waals surface area contributed by atoms with Crippen molar-refractivity contribution in [2.75, 3.05) is 5.32 Å². The summed E-state index contributed by atoms with van der Waals surface area (Å²) >= 11 is 0. The molecule has 7 nitrogen and oxygen atoms in total. The second kappa shape index (κ2) is 8.37. The van der Waals surface area contributed by atoms with E-state index >= 15 is 0 Å². The highest BCUT2D eigenvalue weighted by Gasteiger charge is 2.25. The Balaban J connectivity index is 1.78. The van der Waals surface area contributed by atoms with Gasteiger partial charge in [-0.15, -0.1) is 0 Å². The standard InChI is InChI=1S/C24H24FN5O2/c1-5-20(23(31)26-18-8-6-7-17(25)13-18)30-24(32)22-21(15(3)27-30)16(4)29(28-22)19-11-9-14(2)10-12-19/h6-13,20H,5H2,1-4H3,(H,26,31)/t20-/m1/s1. The van der Waals surface area contributed by atoms with E-state index in [1.165, 1.54) is 22.9 Å². The Morgan fingerprint density at radius 2 is 1.81 bits per heavy atom. The second-order valence-corrected chi connectivity index (χ2v) is 7.82. The maximum absolute atomic E-state index is 13.5. The van der Waals surface area contributed by atoms with Crippen LogP contribution in [-0.4, -0.2) is 25.5 Å². The first-order valence-corrected chi connectivity index (χ1v) is 10.4.